The summed E-state index contributed by atoms with van der Waals surface area (Å²) in [7, 11) is 0. The fourth-order valence-electron chi connectivity index (χ4n) is 1.77. The lowest BCUT2D eigenvalue weighted by Gasteiger charge is -2.33. The molecule has 0 spiro atoms. The van der Waals surface area contributed by atoms with Crippen LogP contribution in [0.1, 0.15) is 44.4 Å². The van der Waals surface area contributed by atoms with Gasteiger partial charge >= 0.3 is 0 Å². The standard InChI is InChI=1S/C13H21FN2/c1-5-13(3,4)12(16-15)10-7-6-9(2)11(14)8-10/h6-8,12,16H,5,15H2,1-4H3. The van der Waals surface area contributed by atoms with Gasteiger partial charge < -0.3 is 0 Å². The quantitative estimate of drug-likeness (QED) is 0.609. The minimum atomic E-state index is -0.176. The van der Waals surface area contributed by atoms with Gasteiger partial charge in [0.25, 0.3) is 0 Å². The zero-order valence-electron chi connectivity index (χ0n) is 10.5. The minimum Gasteiger partial charge on any atom is -0.271 e. The van der Waals surface area contributed by atoms with Crippen LogP contribution in [-0.2, 0) is 0 Å². The molecule has 3 N–H and O–H groups in total. The predicted molar refractivity (Wildman–Crippen MR) is 65.3 cm³/mol. The lowest BCUT2D eigenvalue weighted by atomic mass is 9.78. The highest BCUT2D eigenvalue weighted by atomic mass is 19.1. The number of benzene rings is 1. The zero-order valence-corrected chi connectivity index (χ0v) is 10.5. The van der Waals surface area contributed by atoms with E-state index in [4.69, 9.17) is 5.84 Å². The average Bonchev–Trinajstić information content (AvgIpc) is 2.24. The zero-order chi connectivity index (χ0) is 12.3. The van der Waals surface area contributed by atoms with Crippen LogP contribution in [0.3, 0.4) is 0 Å². The summed E-state index contributed by atoms with van der Waals surface area (Å²) in [6.45, 7) is 8.11. The van der Waals surface area contributed by atoms with E-state index in [0.29, 0.717) is 5.56 Å². The Morgan fingerprint density at radius 3 is 2.50 bits per heavy atom. The minimum absolute atomic E-state index is 0.00352. The molecule has 16 heavy (non-hydrogen) atoms. The van der Waals surface area contributed by atoms with Crippen molar-refractivity contribution in [3.63, 3.8) is 0 Å². The number of aryl methyl sites for hydroxylation is 1. The highest BCUT2D eigenvalue weighted by Gasteiger charge is 2.28. The molecule has 0 aromatic heterocycles. The van der Waals surface area contributed by atoms with Gasteiger partial charge in [-0.05, 0) is 36.0 Å². The van der Waals surface area contributed by atoms with E-state index in [9.17, 15) is 4.39 Å². The SMILES string of the molecule is CCC(C)(C)C(NN)c1ccc(C)c(F)c1. The van der Waals surface area contributed by atoms with Gasteiger partial charge in [0.2, 0.25) is 0 Å². The van der Waals surface area contributed by atoms with E-state index >= 15 is 0 Å². The van der Waals surface area contributed by atoms with Gasteiger partial charge in [0, 0.05) is 0 Å². The highest BCUT2D eigenvalue weighted by molar-refractivity contribution is 5.27. The molecule has 2 nitrogen and oxygen atoms in total. The van der Waals surface area contributed by atoms with Gasteiger partial charge in [-0.25, -0.2) is 4.39 Å². The molecule has 0 bridgehead atoms. The molecule has 1 aromatic rings. The molecule has 0 fully saturated rings. The summed E-state index contributed by atoms with van der Waals surface area (Å²) < 4.78 is 13.5. The lowest BCUT2D eigenvalue weighted by molar-refractivity contribution is 0.235. The Kier molecular flexibility index (Phi) is 4.05. The van der Waals surface area contributed by atoms with Crippen molar-refractivity contribution < 1.29 is 4.39 Å². The van der Waals surface area contributed by atoms with Crippen molar-refractivity contribution in [2.75, 3.05) is 0 Å². The summed E-state index contributed by atoms with van der Waals surface area (Å²) in [5, 5.41) is 0. The van der Waals surface area contributed by atoms with Crippen LogP contribution < -0.4 is 11.3 Å². The van der Waals surface area contributed by atoms with Crippen LogP contribution in [0, 0.1) is 18.2 Å². The van der Waals surface area contributed by atoms with E-state index in [2.05, 4.69) is 26.2 Å². The van der Waals surface area contributed by atoms with Crippen molar-refractivity contribution in [2.24, 2.45) is 11.3 Å². The van der Waals surface area contributed by atoms with E-state index in [1.165, 1.54) is 0 Å². The summed E-state index contributed by atoms with van der Waals surface area (Å²) in [6, 6.07) is 5.26. The van der Waals surface area contributed by atoms with Crippen LogP contribution in [0.2, 0.25) is 0 Å². The third-order valence-corrected chi connectivity index (χ3v) is 3.39. The molecule has 1 rings (SSSR count). The number of rotatable bonds is 4. The second kappa shape index (κ2) is 4.93. The molecule has 1 unspecified atom stereocenters. The normalized spacial score (nSPS) is 13.9. The number of halogens is 1. The highest BCUT2D eigenvalue weighted by Crippen LogP contribution is 2.35. The van der Waals surface area contributed by atoms with Crippen LogP contribution in [0.5, 0.6) is 0 Å². The molecule has 1 atom stereocenters. The smallest absolute Gasteiger partial charge is 0.126 e. The molecule has 0 aliphatic rings. The van der Waals surface area contributed by atoms with E-state index < -0.39 is 0 Å². The van der Waals surface area contributed by atoms with E-state index in [1.54, 1.807) is 19.1 Å². The van der Waals surface area contributed by atoms with Crippen molar-refractivity contribution in [1.82, 2.24) is 5.43 Å². The molecule has 0 aliphatic carbocycles. The first-order valence-corrected chi connectivity index (χ1v) is 5.64. The maximum atomic E-state index is 13.5. The number of nitrogens with one attached hydrogen (secondary N) is 1. The Morgan fingerprint density at radius 1 is 1.44 bits per heavy atom. The van der Waals surface area contributed by atoms with Crippen LogP contribution in [0.15, 0.2) is 18.2 Å². The van der Waals surface area contributed by atoms with Crippen LogP contribution in [0.25, 0.3) is 0 Å². The fraction of sp³-hybridized carbons (Fsp3) is 0.538. The van der Waals surface area contributed by atoms with Gasteiger partial charge in [-0.15, -0.1) is 0 Å². The van der Waals surface area contributed by atoms with Crippen LogP contribution in [-0.4, -0.2) is 0 Å². The van der Waals surface area contributed by atoms with Crippen LogP contribution in [0.4, 0.5) is 4.39 Å². The molecule has 3 heteroatoms. The Hall–Kier alpha value is -0.930. The largest absolute Gasteiger partial charge is 0.271 e. The first-order chi connectivity index (χ1) is 7.42. The fourth-order valence-corrected chi connectivity index (χ4v) is 1.77. The molecule has 0 amide bonds. The molecule has 0 radical (unpaired) electrons. The van der Waals surface area contributed by atoms with Crippen molar-refractivity contribution in [3.05, 3.63) is 35.1 Å². The second-order valence-electron chi connectivity index (χ2n) is 4.95. The summed E-state index contributed by atoms with van der Waals surface area (Å²) >= 11 is 0. The summed E-state index contributed by atoms with van der Waals surface area (Å²) in [5.74, 6) is 5.41. The van der Waals surface area contributed by atoms with Gasteiger partial charge in [0.1, 0.15) is 5.82 Å². The Balaban J connectivity index is 3.09. The lowest BCUT2D eigenvalue weighted by Crippen LogP contribution is -2.38. The Morgan fingerprint density at radius 2 is 2.06 bits per heavy atom. The number of nitrogens with two attached hydrogens (primary N) is 1. The van der Waals surface area contributed by atoms with Crippen molar-refractivity contribution >= 4 is 0 Å². The molecule has 90 valence electrons. The maximum Gasteiger partial charge on any atom is 0.126 e. The van der Waals surface area contributed by atoms with Crippen LogP contribution >= 0.6 is 0 Å². The van der Waals surface area contributed by atoms with Gasteiger partial charge in [-0.1, -0.05) is 32.9 Å². The number of hydrogen-bond donors (Lipinski definition) is 2. The second-order valence-corrected chi connectivity index (χ2v) is 4.95. The number of hydrogen-bond acceptors (Lipinski definition) is 2. The Labute approximate surface area is 97.0 Å². The molecular weight excluding hydrogens is 203 g/mol. The topological polar surface area (TPSA) is 38.0 Å². The molecule has 1 aromatic carbocycles. The third-order valence-electron chi connectivity index (χ3n) is 3.39. The predicted octanol–water partition coefficient (Wildman–Crippen LogP) is 3.07. The molecule has 0 saturated carbocycles. The summed E-state index contributed by atoms with van der Waals surface area (Å²) in [4.78, 5) is 0. The van der Waals surface area contributed by atoms with Crippen molar-refractivity contribution in [1.29, 1.82) is 0 Å². The van der Waals surface area contributed by atoms with Crippen molar-refractivity contribution in [2.45, 2.75) is 40.2 Å². The molecular formula is C13H21FN2. The van der Waals surface area contributed by atoms with Gasteiger partial charge in [-0.3, -0.25) is 11.3 Å². The average molecular weight is 224 g/mol. The number of hydrazine groups is 1. The van der Waals surface area contributed by atoms with Gasteiger partial charge in [0.05, 0.1) is 6.04 Å². The first-order valence-electron chi connectivity index (χ1n) is 5.64. The van der Waals surface area contributed by atoms with E-state index in [1.807, 2.05) is 6.07 Å². The van der Waals surface area contributed by atoms with Gasteiger partial charge in [0.15, 0.2) is 0 Å². The molecule has 0 aliphatic heterocycles. The van der Waals surface area contributed by atoms with E-state index in [0.717, 1.165) is 12.0 Å². The van der Waals surface area contributed by atoms with Gasteiger partial charge in [-0.2, -0.15) is 0 Å². The maximum absolute atomic E-state index is 13.5. The monoisotopic (exact) mass is 224 g/mol. The van der Waals surface area contributed by atoms with E-state index in [-0.39, 0.29) is 17.3 Å². The first kappa shape index (κ1) is 13.1. The Bertz CT molecular complexity index is 361. The van der Waals surface area contributed by atoms with Crippen molar-refractivity contribution in [3.8, 4) is 0 Å². The third kappa shape index (κ3) is 2.60. The molecule has 0 heterocycles. The summed E-state index contributed by atoms with van der Waals surface area (Å²) in [6.07, 6.45) is 0.970. The molecule has 0 saturated heterocycles. The summed E-state index contributed by atoms with van der Waals surface area (Å²) in [5.41, 5.74) is 4.35.